The van der Waals surface area contributed by atoms with Crippen molar-refractivity contribution in [2.45, 2.75) is 57.5 Å². The van der Waals surface area contributed by atoms with E-state index in [1.807, 2.05) is 6.92 Å². The fourth-order valence-corrected chi connectivity index (χ4v) is 4.13. The summed E-state index contributed by atoms with van der Waals surface area (Å²) in [6, 6.07) is 6.41. The Bertz CT molecular complexity index is 816. The number of rotatable bonds is 3. The number of carbonyl (C=O) groups is 2. The third-order valence-corrected chi connectivity index (χ3v) is 5.67. The zero-order valence-corrected chi connectivity index (χ0v) is 16.4. The molecule has 1 fully saturated rings. The van der Waals surface area contributed by atoms with Gasteiger partial charge in [-0.3, -0.25) is 9.10 Å². The second-order valence-electron chi connectivity index (χ2n) is 7.33. The van der Waals surface area contributed by atoms with Gasteiger partial charge in [0.2, 0.25) is 0 Å². The molecule has 0 amide bonds. The van der Waals surface area contributed by atoms with E-state index in [9.17, 15) is 18.0 Å². The number of carbonyl (C=O) groups excluding carboxylic acids is 2. The Labute approximate surface area is 154 Å². The molecule has 0 bridgehead atoms. The predicted octanol–water partition coefficient (Wildman–Crippen LogP) is 2.96. The number of hydrogen-bond donors (Lipinski definition) is 0. The number of esters is 1. The van der Waals surface area contributed by atoms with Crippen LogP contribution in [0.15, 0.2) is 40.9 Å². The molecule has 1 saturated heterocycles. The second-order valence-corrected chi connectivity index (χ2v) is 9.20. The lowest BCUT2D eigenvalue weighted by molar-refractivity contribution is -0.148. The standard InChI is InChI=1S/C19H25NO5S/c1-14-8-10-15(11-9-14)26(23,24)20-12-6-5-7-17(21)16(20)13-18(22)25-19(2,3)4/h8-11,13H,5-7,12H2,1-4H3/b16-13+. The Morgan fingerprint density at radius 3 is 2.35 bits per heavy atom. The Balaban J connectivity index is 2.46. The number of ether oxygens (including phenoxy) is 1. The Morgan fingerprint density at radius 2 is 1.77 bits per heavy atom. The number of sulfonamides is 1. The van der Waals surface area contributed by atoms with Crippen molar-refractivity contribution in [3.63, 3.8) is 0 Å². The van der Waals surface area contributed by atoms with E-state index < -0.39 is 21.6 Å². The van der Waals surface area contributed by atoms with Crippen molar-refractivity contribution < 1.29 is 22.7 Å². The molecule has 1 aliphatic rings. The highest BCUT2D eigenvalue weighted by atomic mass is 32.2. The molecule has 0 radical (unpaired) electrons. The molecule has 1 heterocycles. The number of allylic oxidation sites excluding steroid dienone is 1. The fraction of sp³-hybridized carbons (Fsp3) is 0.474. The maximum Gasteiger partial charge on any atom is 0.333 e. The Morgan fingerprint density at radius 1 is 1.15 bits per heavy atom. The van der Waals surface area contributed by atoms with E-state index in [-0.39, 0.29) is 29.3 Å². The summed E-state index contributed by atoms with van der Waals surface area (Å²) in [7, 11) is -3.94. The molecular weight excluding hydrogens is 354 g/mol. The summed E-state index contributed by atoms with van der Waals surface area (Å²) < 4.78 is 32.4. The average molecular weight is 379 g/mol. The van der Waals surface area contributed by atoms with E-state index in [0.29, 0.717) is 12.8 Å². The molecule has 2 rings (SSSR count). The molecule has 0 atom stereocenters. The number of aryl methyl sites for hydroxylation is 1. The molecule has 142 valence electrons. The summed E-state index contributed by atoms with van der Waals surface area (Å²) in [5.74, 6) is -1.10. The van der Waals surface area contributed by atoms with Gasteiger partial charge in [-0.25, -0.2) is 13.2 Å². The maximum absolute atomic E-state index is 13.1. The first-order valence-corrected chi connectivity index (χ1v) is 10.0. The van der Waals surface area contributed by atoms with Gasteiger partial charge in [-0.15, -0.1) is 0 Å². The zero-order chi connectivity index (χ0) is 19.5. The van der Waals surface area contributed by atoms with Gasteiger partial charge in [-0.1, -0.05) is 17.7 Å². The van der Waals surface area contributed by atoms with Crippen LogP contribution in [0.4, 0.5) is 0 Å². The van der Waals surface area contributed by atoms with Crippen LogP contribution in [0.2, 0.25) is 0 Å². The van der Waals surface area contributed by atoms with Gasteiger partial charge in [0.1, 0.15) is 11.3 Å². The molecule has 1 aromatic rings. The molecule has 0 unspecified atom stereocenters. The van der Waals surface area contributed by atoms with Crippen LogP contribution in [0.25, 0.3) is 0 Å². The van der Waals surface area contributed by atoms with E-state index in [1.54, 1.807) is 32.9 Å². The van der Waals surface area contributed by atoms with Crippen LogP contribution in [-0.4, -0.2) is 36.6 Å². The molecule has 1 aromatic carbocycles. The molecule has 1 aliphatic heterocycles. The third-order valence-electron chi connectivity index (χ3n) is 3.84. The van der Waals surface area contributed by atoms with Gasteiger partial charge in [0.25, 0.3) is 10.0 Å². The van der Waals surface area contributed by atoms with E-state index in [2.05, 4.69) is 0 Å². The van der Waals surface area contributed by atoms with Gasteiger partial charge in [-0.05, 0) is 52.7 Å². The Kier molecular flexibility index (Phi) is 5.91. The molecular formula is C19H25NO5S. The normalized spacial score (nSPS) is 17.9. The van der Waals surface area contributed by atoms with Crippen molar-refractivity contribution in [2.75, 3.05) is 6.54 Å². The quantitative estimate of drug-likeness (QED) is 0.596. The van der Waals surface area contributed by atoms with Crippen LogP contribution < -0.4 is 0 Å². The van der Waals surface area contributed by atoms with Gasteiger partial charge >= 0.3 is 5.97 Å². The Hall–Kier alpha value is -2.15. The summed E-state index contributed by atoms with van der Waals surface area (Å²) in [6.45, 7) is 7.13. The minimum atomic E-state index is -3.94. The van der Waals surface area contributed by atoms with Gasteiger partial charge in [0, 0.05) is 13.0 Å². The molecule has 7 heteroatoms. The molecule has 26 heavy (non-hydrogen) atoms. The predicted molar refractivity (Wildman–Crippen MR) is 97.9 cm³/mol. The number of hydrogen-bond acceptors (Lipinski definition) is 5. The molecule has 6 nitrogen and oxygen atoms in total. The number of ketones is 1. The topological polar surface area (TPSA) is 80.8 Å². The number of benzene rings is 1. The van der Waals surface area contributed by atoms with Crippen molar-refractivity contribution in [1.29, 1.82) is 0 Å². The highest BCUT2D eigenvalue weighted by Gasteiger charge is 2.32. The lowest BCUT2D eigenvalue weighted by atomic mass is 10.1. The molecule has 0 N–H and O–H groups in total. The summed E-state index contributed by atoms with van der Waals surface area (Å²) in [6.07, 6.45) is 2.33. The molecule has 0 aromatic heterocycles. The van der Waals surface area contributed by atoms with Crippen LogP contribution in [0.3, 0.4) is 0 Å². The highest BCUT2D eigenvalue weighted by molar-refractivity contribution is 7.89. The van der Waals surface area contributed by atoms with Gasteiger partial charge < -0.3 is 4.74 Å². The lowest BCUT2D eigenvalue weighted by Crippen LogP contribution is -2.34. The van der Waals surface area contributed by atoms with Crippen LogP contribution in [0.5, 0.6) is 0 Å². The van der Waals surface area contributed by atoms with Crippen molar-refractivity contribution in [3.8, 4) is 0 Å². The maximum atomic E-state index is 13.1. The first kappa shape index (κ1) is 20.2. The fourth-order valence-electron chi connectivity index (χ4n) is 2.61. The van der Waals surface area contributed by atoms with Gasteiger partial charge in [0.15, 0.2) is 5.78 Å². The van der Waals surface area contributed by atoms with E-state index in [1.165, 1.54) is 12.1 Å². The van der Waals surface area contributed by atoms with Crippen molar-refractivity contribution >= 4 is 21.8 Å². The zero-order valence-electron chi connectivity index (χ0n) is 15.6. The van der Waals surface area contributed by atoms with E-state index in [0.717, 1.165) is 15.9 Å². The van der Waals surface area contributed by atoms with E-state index in [4.69, 9.17) is 4.74 Å². The molecule has 0 saturated carbocycles. The summed E-state index contributed by atoms with van der Waals surface area (Å²) in [4.78, 5) is 24.7. The van der Waals surface area contributed by atoms with Gasteiger partial charge in [-0.2, -0.15) is 0 Å². The van der Waals surface area contributed by atoms with E-state index >= 15 is 0 Å². The first-order valence-electron chi connectivity index (χ1n) is 8.58. The number of Topliss-reactive ketones (excluding diaryl/α,β-unsaturated/α-hetero) is 1. The monoisotopic (exact) mass is 379 g/mol. The van der Waals surface area contributed by atoms with Crippen molar-refractivity contribution in [2.24, 2.45) is 0 Å². The molecule has 0 spiro atoms. The average Bonchev–Trinajstić information content (AvgIpc) is 2.69. The summed E-state index contributed by atoms with van der Waals surface area (Å²) >= 11 is 0. The summed E-state index contributed by atoms with van der Waals surface area (Å²) in [5.41, 5.74) is 0.0699. The minimum absolute atomic E-state index is 0.0906. The molecule has 0 aliphatic carbocycles. The highest BCUT2D eigenvalue weighted by Crippen LogP contribution is 2.26. The minimum Gasteiger partial charge on any atom is -0.457 e. The lowest BCUT2D eigenvalue weighted by Gasteiger charge is -2.25. The van der Waals surface area contributed by atoms with Crippen LogP contribution in [-0.2, 0) is 24.3 Å². The van der Waals surface area contributed by atoms with Crippen molar-refractivity contribution in [3.05, 3.63) is 41.6 Å². The van der Waals surface area contributed by atoms with Crippen LogP contribution in [0.1, 0.15) is 45.6 Å². The van der Waals surface area contributed by atoms with Crippen LogP contribution >= 0.6 is 0 Å². The number of nitrogens with zero attached hydrogens (tertiary/aromatic N) is 1. The van der Waals surface area contributed by atoms with Gasteiger partial charge in [0.05, 0.1) is 11.0 Å². The van der Waals surface area contributed by atoms with Crippen molar-refractivity contribution in [1.82, 2.24) is 4.31 Å². The SMILES string of the molecule is Cc1ccc(S(=O)(=O)N2CCCCC(=O)/C2=C\C(=O)OC(C)(C)C)cc1. The largest absolute Gasteiger partial charge is 0.457 e. The third kappa shape index (κ3) is 4.94. The second kappa shape index (κ2) is 7.61. The first-order chi connectivity index (χ1) is 12.0. The van der Waals surface area contributed by atoms with Crippen LogP contribution in [0, 0.1) is 6.92 Å². The smallest absolute Gasteiger partial charge is 0.333 e. The summed E-state index contributed by atoms with van der Waals surface area (Å²) in [5, 5.41) is 0.